The van der Waals surface area contributed by atoms with Crippen LogP contribution < -0.4 is 4.90 Å². The molecule has 8 heteroatoms. The predicted molar refractivity (Wildman–Crippen MR) is 100 cm³/mol. The van der Waals surface area contributed by atoms with Crippen molar-refractivity contribution >= 4 is 29.6 Å². The van der Waals surface area contributed by atoms with Crippen molar-refractivity contribution in [3.8, 4) is 0 Å². The fraction of sp³-hybridized carbons (Fsp3) is 0.263. The van der Waals surface area contributed by atoms with Gasteiger partial charge in [0, 0.05) is 6.54 Å². The van der Waals surface area contributed by atoms with Crippen molar-refractivity contribution in [2.45, 2.75) is 12.5 Å². The highest BCUT2D eigenvalue weighted by Gasteiger charge is 2.60. The van der Waals surface area contributed by atoms with Gasteiger partial charge in [-0.05, 0) is 24.6 Å². The minimum atomic E-state index is -1.94. The van der Waals surface area contributed by atoms with Gasteiger partial charge < -0.3 is 9.94 Å². The van der Waals surface area contributed by atoms with E-state index >= 15 is 0 Å². The molecule has 3 amide bonds. The number of amides is 3. The van der Waals surface area contributed by atoms with Crippen LogP contribution in [-0.2, 0) is 14.4 Å². The van der Waals surface area contributed by atoms with Gasteiger partial charge in [0.25, 0.3) is 5.91 Å². The Balaban J connectivity index is 2.35. The Morgan fingerprint density at radius 2 is 1.93 bits per heavy atom. The predicted octanol–water partition coefficient (Wildman–Crippen LogP) is 1.50. The molecule has 1 saturated heterocycles. The van der Waals surface area contributed by atoms with Gasteiger partial charge in [-0.25, -0.2) is 9.69 Å². The fourth-order valence-electron chi connectivity index (χ4n) is 2.77. The van der Waals surface area contributed by atoms with E-state index in [1.807, 2.05) is 0 Å². The number of hydrogen-bond donors (Lipinski definition) is 1. The largest absolute Gasteiger partial charge is 0.393 e. The molecule has 1 unspecified atom stereocenters. The molecule has 1 aliphatic rings. The second kappa shape index (κ2) is 8.41. The summed E-state index contributed by atoms with van der Waals surface area (Å²) in [5.74, 6) is -1.41. The summed E-state index contributed by atoms with van der Waals surface area (Å²) >= 11 is 0. The minimum Gasteiger partial charge on any atom is -0.393 e. The Morgan fingerprint density at radius 1 is 1.26 bits per heavy atom. The molecular formula is C19H21N3O5. The number of urea groups is 1. The molecule has 2 rings (SSSR count). The van der Waals surface area contributed by atoms with Crippen LogP contribution in [0, 0.1) is 0 Å². The van der Waals surface area contributed by atoms with Crippen molar-refractivity contribution in [3.63, 3.8) is 0 Å². The van der Waals surface area contributed by atoms with Gasteiger partial charge in [0.1, 0.15) is 6.61 Å². The van der Waals surface area contributed by atoms with Crippen molar-refractivity contribution in [1.82, 2.24) is 4.90 Å². The van der Waals surface area contributed by atoms with Crippen LogP contribution in [0.1, 0.15) is 12.5 Å². The van der Waals surface area contributed by atoms with E-state index in [0.29, 0.717) is 5.56 Å². The number of ketones is 1. The molecule has 1 fully saturated rings. The van der Waals surface area contributed by atoms with Gasteiger partial charge in [-0.2, -0.15) is 0 Å². The molecule has 1 aromatic rings. The first-order valence-electron chi connectivity index (χ1n) is 8.19. The molecule has 1 aliphatic heterocycles. The van der Waals surface area contributed by atoms with Gasteiger partial charge in [0.2, 0.25) is 5.54 Å². The van der Waals surface area contributed by atoms with Crippen LogP contribution in [0.25, 0.3) is 0 Å². The molecule has 1 atom stereocenters. The Bertz CT molecular complexity index is 787. The maximum Gasteiger partial charge on any atom is 0.333 e. The Kier molecular flexibility index (Phi) is 6.25. The summed E-state index contributed by atoms with van der Waals surface area (Å²) in [5.41, 5.74) is -0.978. The minimum absolute atomic E-state index is 0.0490. The molecule has 8 nitrogen and oxygen atoms in total. The van der Waals surface area contributed by atoms with E-state index in [0.717, 1.165) is 9.80 Å². The van der Waals surface area contributed by atoms with Crippen LogP contribution in [0.5, 0.6) is 0 Å². The zero-order valence-corrected chi connectivity index (χ0v) is 15.0. The molecular weight excluding hydrogens is 350 g/mol. The maximum atomic E-state index is 12.9. The standard InChI is InChI=1S/C19H21N3O5/c1-4-10-21-18(26)22(17(25)19(21,13-23)14(3)24)16-8-6-15(7-9-16)12-20-27-11-5-2/h4-9,12,23H,1-2,10-11,13H2,3H3. The number of aliphatic hydroxyl groups excluding tert-OH is 1. The number of hydrogen-bond acceptors (Lipinski definition) is 6. The van der Waals surface area contributed by atoms with Crippen molar-refractivity contribution < 1.29 is 24.3 Å². The topological polar surface area (TPSA) is 99.5 Å². The van der Waals surface area contributed by atoms with E-state index < -0.39 is 29.9 Å². The van der Waals surface area contributed by atoms with Crippen molar-refractivity contribution in [1.29, 1.82) is 0 Å². The molecule has 1 N–H and O–H groups in total. The molecule has 0 saturated carbocycles. The Labute approximate surface area is 157 Å². The van der Waals surface area contributed by atoms with Gasteiger partial charge in [0.05, 0.1) is 18.5 Å². The van der Waals surface area contributed by atoms with E-state index in [2.05, 4.69) is 18.3 Å². The van der Waals surface area contributed by atoms with Gasteiger partial charge in [-0.3, -0.25) is 14.5 Å². The molecule has 142 valence electrons. The molecule has 1 aromatic carbocycles. The Morgan fingerprint density at radius 3 is 2.44 bits per heavy atom. The van der Waals surface area contributed by atoms with Crippen molar-refractivity contribution in [2.75, 3.05) is 24.7 Å². The van der Waals surface area contributed by atoms with Crippen LogP contribution >= 0.6 is 0 Å². The lowest BCUT2D eigenvalue weighted by Crippen LogP contribution is -2.58. The Hall–Kier alpha value is -3.26. The lowest BCUT2D eigenvalue weighted by atomic mass is 9.93. The lowest BCUT2D eigenvalue weighted by molar-refractivity contribution is -0.139. The molecule has 1 heterocycles. The fourth-order valence-corrected chi connectivity index (χ4v) is 2.77. The van der Waals surface area contributed by atoms with Crippen molar-refractivity contribution in [3.05, 3.63) is 55.1 Å². The highest BCUT2D eigenvalue weighted by molar-refractivity contribution is 6.31. The number of nitrogens with zero attached hydrogens (tertiary/aromatic N) is 3. The van der Waals surface area contributed by atoms with E-state index in [-0.39, 0.29) is 18.8 Å². The third-order valence-corrected chi connectivity index (χ3v) is 4.18. The molecule has 0 bridgehead atoms. The molecule has 0 radical (unpaired) electrons. The second-order valence-corrected chi connectivity index (χ2v) is 5.81. The van der Waals surface area contributed by atoms with Crippen LogP contribution in [0.4, 0.5) is 10.5 Å². The molecule has 27 heavy (non-hydrogen) atoms. The monoisotopic (exact) mass is 371 g/mol. The maximum absolute atomic E-state index is 12.9. The molecule has 0 aliphatic carbocycles. The number of rotatable bonds is 9. The first kappa shape index (κ1) is 20.1. The number of aliphatic hydroxyl groups is 1. The summed E-state index contributed by atoms with van der Waals surface area (Å²) in [6.07, 6.45) is 4.42. The summed E-state index contributed by atoms with van der Waals surface area (Å²) in [5, 5.41) is 13.5. The molecule has 0 spiro atoms. The van der Waals surface area contributed by atoms with E-state index in [9.17, 15) is 19.5 Å². The lowest BCUT2D eigenvalue weighted by Gasteiger charge is -2.29. The number of carbonyl (C=O) groups is 3. The summed E-state index contributed by atoms with van der Waals surface area (Å²) in [6.45, 7) is 7.65. The normalized spacial score (nSPS) is 19.6. The third kappa shape index (κ3) is 3.52. The van der Waals surface area contributed by atoms with Gasteiger partial charge in [-0.1, -0.05) is 36.0 Å². The quantitative estimate of drug-likeness (QED) is 0.177. The highest BCUT2D eigenvalue weighted by atomic mass is 16.6. The van der Waals surface area contributed by atoms with Crippen LogP contribution in [0.15, 0.2) is 54.7 Å². The number of anilines is 1. The number of carbonyl (C=O) groups excluding carboxylic acids is 3. The SMILES string of the molecule is C=CCON=Cc1ccc(N2C(=O)N(CC=C)C(CO)(C(C)=O)C2=O)cc1. The number of oxime groups is 1. The average Bonchev–Trinajstić information content (AvgIpc) is 2.87. The van der Waals surface area contributed by atoms with Gasteiger partial charge >= 0.3 is 6.03 Å². The zero-order valence-electron chi connectivity index (χ0n) is 15.0. The molecule has 0 aromatic heterocycles. The number of imide groups is 1. The van der Waals surface area contributed by atoms with Gasteiger partial charge in [-0.15, -0.1) is 6.58 Å². The van der Waals surface area contributed by atoms with Crippen LogP contribution in [0.3, 0.4) is 0 Å². The third-order valence-electron chi connectivity index (χ3n) is 4.18. The highest BCUT2D eigenvalue weighted by Crippen LogP contribution is 2.33. The summed E-state index contributed by atoms with van der Waals surface area (Å²) in [7, 11) is 0. The first-order chi connectivity index (χ1) is 12.9. The van der Waals surface area contributed by atoms with Crippen molar-refractivity contribution in [2.24, 2.45) is 5.16 Å². The summed E-state index contributed by atoms with van der Waals surface area (Å²) < 4.78 is 0. The smallest absolute Gasteiger partial charge is 0.333 e. The van der Waals surface area contributed by atoms with E-state index in [4.69, 9.17) is 4.84 Å². The van der Waals surface area contributed by atoms with Gasteiger partial charge in [0.15, 0.2) is 5.78 Å². The first-order valence-corrected chi connectivity index (χ1v) is 8.19. The number of Topliss-reactive ketones (excluding diaryl/α,β-unsaturated/α-hetero) is 1. The number of benzene rings is 1. The second-order valence-electron chi connectivity index (χ2n) is 5.81. The van der Waals surface area contributed by atoms with E-state index in [1.54, 1.807) is 30.3 Å². The summed E-state index contributed by atoms with van der Waals surface area (Å²) in [4.78, 5) is 44.7. The summed E-state index contributed by atoms with van der Waals surface area (Å²) in [6, 6.07) is 5.68. The zero-order chi connectivity index (χ0) is 20.0. The van der Waals surface area contributed by atoms with E-state index in [1.165, 1.54) is 19.2 Å². The average molecular weight is 371 g/mol. The van der Waals surface area contributed by atoms with Crippen LogP contribution in [0.2, 0.25) is 0 Å². The van der Waals surface area contributed by atoms with Crippen LogP contribution in [-0.4, -0.2) is 59.2 Å².